The van der Waals surface area contributed by atoms with Crippen molar-refractivity contribution in [3.63, 3.8) is 0 Å². The van der Waals surface area contributed by atoms with Gasteiger partial charge in [-0.15, -0.1) is 22.7 Å². The molecule has 6 heteroatoms. The quantitative estimate of drug-likeness (QED) is 0.377. The molecule has 0 aliphatic carbocycles. The summed E-state index contributed by atoms with van der Waals surface area (Å²) in [7, 11) is 3.37. The van der Waals surface area contributed by atoms with Gasteiger partial charge in [0.25, 0.3) is 0 Å². The highest BCUT2D eigenvalue weighted by atomic mass is 33.1. The lowest BCUT2D eigenvalue weighted by Gasteiger charge is -1.90. The molecule has 0 atom stereocenters. The molecule has 0 amide bonds. The van der Waals surface area contributed by atoms with Crippen LogP contribution in [-0.4, -0.2) is 9.97 Å². The van der Waals surface area contributed by atoms with Crippen molar-refractivity contribution < 1.29 is 0 Å². The fourth-order valence-electron chi connectivity index (χ4n) is 1.84. The summed E-state index contributed by atoms with van der Waals surface area (Å²) >= 11 is 3.46. The number of rotatable bonds is 3. The number of fused-ring (bicyclic) bond motifs is 2. The monoisotopic (exact) mass is 362 g/mol. The summed E-state index contributed by atoms with van der Waals surface area (Å²) < 4.78 is 4.63. The van der Waals surface area contributed by atoms with Crippen molar-refractivity contribution in [3.8, 4) is 0 Å². The minimum absolute atomic E-state index is 1.07. The molecule has 0 bridgehead atoms. The second-order valence-corrected chi connectivity index (χ2v) is 8.75. The Kier molecular flexibility index (Phi) is 5.36. The van der Waals surface area contributed by atoms with Crippen molar-refractivity contribution in [2.45, 2.75) is 22.5 Å². The third-order valence-corrected chi connectivity index (χ3v) is 7.78. The van der Waals surface area contributed by atoms with Crippen molar-refractivity contribution >= 4 is 64.7 Å². The smallest absolute Gasteiger partial charge is 0.162 e. The van der Waals surface area contributed by atoms with Gasteiger partial charge in [0.1, 0.15) is 0 Å². The lowest BCUT2D eigenvalue weighted by Crippen LogP contribution is -1.67. The molecule has 0 radical (unpaired) electrons. The predicted molar refractivity (Wildman–Crippen MR) is 102 cm³/mol. The molecule has 0 spiro atoms. The third kappa shape index (κ3) is 3.46. The number of thiazole rings is 2. The van der Waals surface area contributed by atoms with Crippen LogP contribution in [0.5, 0.6) is 0 Å². The summed E-state index contributed by atoms with van der Waals surface area (Å²) in [6, 6.07) is 16.5. The van der Waals surface area contributed by atoms with E-state index in [0.29, 0.717) is 0 Å². The van der Waals surface area contributed by atoms with Gasteiger partial charge in [-0.1, -0.05) is 38.1 Å². The van der Waals surface area contributed by atoms with Crippen LogP contribution in [0.1, 0.15) is 13.8 Å². The maximum Gasteiger partial charge on any atom is 0.162 e. The highest BCUT2D eigenvalue weighted by Crippen LogP contribution is 2.43. The fraction of sp³-hybridized carbons (Fsp3) is 0.125. The Labute approximate surface area is 145 Å². The molecule has 2 aromatic heterocycles. The molecule has 2 heterocycles. The maximum absolute atomic E-state index is 4.62. The van der Waals surface area contributed by atoms with Crippen LogP contribution in [0.4, 0.5) is 0 Å². The Balaban J connectivity index is 0.000000693. The molecule has 0 fully saturated rings. The van der Waals surface area contributed by atoms with E-state index in [1.54, 1.807) is 44.3 Å². The summed E-state index contributed by atoms with van der Waals surface area (Å²) in [5.74, 6) is 0. The molecule has 0 unspecified atom stereocenters. The zero-order valence-electron chi connectivity index (χ0n) is 12.1. The molecule has 0 aliphatic heterocycles. The van der Waals surface area contributed by atoms with Crippen molar-refractivity contribution in [2.75, 3.05) is 0 Å². The van der Waals surface area contributed by atoms with E-state index in [-0.39, 0.29) is 0 Å². The number of hydrogen-bond donors (Lipinski definition) is 0. The van der Waals surface area contributed by atoms with Crippen molar-refractivity contribution in [2.24, 2.45) is 0 Å². The van der Waals surface area contributed by atoms with Gasteiger partial charge < -0.3 is 0 Å². The third-order valence-electron chi connectivity index (χ3n) is 2.73. The van der Waals surface area contributed by atoms with Gasteiger partial charge in [0.2, 0.25) is 0 Å². The van der Waals surface area contributed by atoms with Crippen molar-refractivity contribution in [1.82, 2.24) is 9.97 Å². The molecule has 0 N–H and O–H groups in total. The molecular formula is C16H14N2S4. The van der Waals surface area contributed by atoms with Crippen LogP contribution in [0, 0.1) is 0 Å². The molecule has 0 aliphatic rings. The SMILES string of the molecule is CC.c1ccc2sc(SSc3nc4ccccc4s3)nc2c1. The van der Waals surface area contributed by atoms with Crippen LogP contribution in [0.3, 0.4) is 0 Å². The second-order valence-electron chi connectivity index (χ2n) is 4.06. The molecule has 2 aromatic carbocycles. The standard InChI is InChI=1S/C14H8N2S4.C2H6/c1-3-7-11-9(5-1)15-13(17-11)19-20-14-16-10-6-2-4-8-12(10)18-14;1-2/h1-8H;1-2H3. The first-order chi connectivity index (χ1) is 10.9. The van der Waals surface area contributed by atoms with E-state index in [1.165, 1.54) is 9.40 Å². The molecule has 22 heavy (non-hydrogen) atoms. The van der Waals surface area contributed by atoms with Crippen LogP contribution in [-0.2, 0) is 0 Å². The summed E-state index contributed by atoms with van der Waals surface area (Å²) in [5.41, 5.74) is 2.15. The Morgan fingerprint density at radius 2 is 1.09 bits per heavy atom. The second kappa shape index (κ2) is 7.46. The number of nitrogens with zero attached hydrogens (tertiary/aromatic N) is 2. The first-order valence-electron chi connectivity index (χ1n) is 6.94. The van der Waals surface area contributed by atoms with E-state index >= 15 is 0 Å². The molecular weight excluding hydrogens is 348 g/mol. The summed E-state index contributed by atoms with van der Waals surface area (Å²) in [4.78, 5) is 9.24. The van der Waals surface area contributed by atoms with E-state index in [2.05, 4.69) is 46.4 Å². The Morgan fingerprint density at radius 3 is 1.50 bits per heavy atom. The van der Waals surface area contributed by atoms with Gasteiger partial charge in [-0.3, -0.25) is 0 Å². The molecule has 0 saturated carbocycles. The van der Waals surface area contributed by atoms with Crippen LogP contribution in [0.15, 0.2) is 57.2 Å². The number of benzene rings is 2. The Morgan fingerprint density at radius 1 is 0.682 bits per heavy atom. The maximum atomic E-state index is 4.62. The van der Waals surface area contributed by atoms with Crippen molar-refractivity contribution in [1.29, 1.82) is 0 Å². The molecule has 4 rings (SSSR count). The van der Waals surface area contributed by atoms with E-state index < -0.39 is 0 Å². The first kappa shape index (κ1) is 15.8. The lowest BCUT2D eigenvalue weighted by molar-refractivity contribution is 1.31. The lowest BCUT2D eigenvalue weighted by atomic mass is 10.3. The number of para-hydroxylation sites is 2. The average molecular weight is 363 g/mol. The fourth-order valence-corrected chi connectivity index (χ4v) is 6.34. The largest absolute Gasteiger partial charge is 0.229 e. The summed E-state index contributed by atoms with van der Waals surface area (Å²) in [6.07, 6.45) is 0. The van der Waals surface area contributed by atoms with Crippen LogP contribution in [0.25, 0.3) is 20.4 Å². The molecule has 112 valence electrons. The number of hydrogen-bond acceptors (Lipinski definition) is 6. The Bertz CT molecular complexity index is 742. The zero-order chi connectivity index (χ0) is 15.4. The van der Waals surface area contributed by atoms with E-state index in [1.807, 2.05) is 26.0 Å². The minimum Gasteiger partial charge on any atom is -0.229 e. The normalized spacial score (nSPS) is 10.6. The zero-order valence-corrected chi connectivity index (χ0v) is 15.4. The summed E-state index contributed by atoms with van der Waals surface area (Å²) in [6.45, 7) is 4.00. The first-order valence-corrected chi connectivity index (χ1v) is 10.7. The number of aromatic nitrogens is 2. The van der Waals surface area contributed by atoms with E-state index in [9.17, 15) is 0 Å². The predicted octanol–water partition coefficient (Wildman–Crippen LogP) is 6.73. The molecule has 2 nitrogen and oxygen atoms in total. The van der Waals surface area contributed by atoms with Gasteiger partial charge in [-0.2, -0.15) is 0 Å². The van der Waals surface area contributed by atoms with Gasteiger partial charge in [0.15, 0.2) is 8.68 Å². The van der Waals surface area contributed by atoms with Gasteiger partial charge in [0.05, 0.1) is 20.4 Å². The minimum atomic E-state index is 1.07. The highest BCUT2D eigenvalue weighted by molar-refractivity contribution is 8.77. The topological polar surface area (TPSA) is 25.8 Å². The average Bonchev–Trinajstić information content (AvgIpc) is 3.17. The van der Waals surface area contributed by atoms with Crippen LogP contribution in [0.2, 0.25) is 0 Å². The Hall–Kier alpha value is -1.08. The van der Waals surface area contributed by atoms with Gasteiger partial charge in [-0.05, 0) is 45.9 Å². The van der Waals surface area contributed by atoms with E-state index in [0.717, 1.165) is 19.7 Å². The van der Waals surface area contributed by atoms with Gasteiger partial charge in [-0.25, -0.2) is 9.97 Å². The molecule has 4 aromatic rings. The van der Waals surface area contributed by atoms with Crippen molar-refractivity contribution in [3.05, 3.63) is 48.5 Å². The van der Waals surface area contributed by atoms with Crippen LogP contribution >= 0.6 is 44.3 Å². The van der Waals surface area contributed by atoms with Gasteiger partial charge in [0, 0.05) is 0 Å². The molecule has 0 saturated heterocycles. The highest BCUT2D eigenvalue weighted by Gasteiger charge is 2.08. The van der Waals surface area contributed by atoms with E-state index in [4.69, 9.17) is 0 Å². The summed E-state index contributed by atoms with van der Waals surface area (Å²) in [5, 5.41) is 0. The van der Waals surface area contributed by atoms with Gasteiger partial charge >= 0.3 is 0 Å². The van der Waals surface area contributed by atoms with Crippen LogP contribution < -0.4 is 0 Å².